The first-order valence-corrected chi connectivity index (χ1v) is 12.5. The Morgan fingerprint density at radius 1 is 0.950 bits per heavy atom. The van der Waals surface area contributed by atoms with Crippen molar-refractivity contribution < 1.29 is 28.6 Å². The van der Waals surface area contributed by atoms with Crippen molar-refractivity contribution in [2.75, 3.05) is 6.86 Å². The molecule has 0 saturated heterocycles. The molecule has 0 radical (unpaired) electrons. The van der Waals surface area contributed by atoms with Crippen LogP contribution in [0.2, 0.25) is 5.02 Å². The summed E-state index contributed by atoms with van der Waals surface area (Å²) >= 11 is 5.94. The van der Waals surface area contributed by atoms with Gasteiger partial charge in [-0.2, -0.15) is 0 Å². The molecule has 40 heavy (non-hydrogen) atoms. The van der Waals surface area contributed by atoms with Crippen molar-refractivity contribution in [2.24, 2.45) is 5.18 Å². The molecule has 11 heteroatoms. The summed E-state index contributed by atoms with van der Waals surface area (Å²) in [6.45, 7) is -1.39. The molecular weight excluding hydrogens is 541 g/mol. The van der Waals surface area contributed by atoms with Gasteiger partial charge < -0.3 is 15.2 Å². The first kappa shape index (κ1) is 28.3. The van der Waals surface area contributed by atoms with Crippen LogP contribution < -0.4 is 5.32 Å². The number of nitrogens with zero attached hydrogens (tertiary/aromatic N) is 2. The van der Waals surface area contributed by atoms with Gasteiger partial charge in [-0.3, -0.25) is 9.59 Å². The molecule has 2 amide bonds. The number of rotatable bonds is 10. The van der Waals surface area contributed by atoms with E-state index in [9.17, 15) is 28.8 Å². The smallest absolute Gasteiger partial charge is 0.331 e. The van der Waals surface area contributed by atoms with Crippen LogP contribution in [0.25, 0.3) is 10.9 Å². The molecule has 0 spiro atoms. The number of nitrogens with one attached hydrogen (secondary N) is 1. The van der Waals surface area contributed by atoms with Gasteiger partial charge in [0.15, 0.2) is 0 Å². The predicted molar refractivity (Wildman–Crippen MR) is 146 cm³/mol. The number of halogens is 2. The highest BCUT2D eigenvalue weighted by Gasteiger charge is 2.25. The van der Waals surface area contributed by atoms with Gasteiger partial charge in [0.1, 0.15) is 17.5 Å². The Bertz CT molecular complexity index is 1560. The molecule has 0 saturated carbocycles. The Balaban J connectivity index is 1.61. The standard InChI is InChI=1S/C29H23ClFN3O6/c30-20-8-3-17(4-9-20)1-2-18-7-12-24-22(13-18)23(27(36)34-39)15-25(32-24)28(37)33-26(29(38)40-16-31)14-19-5-10-21(35)11-6-19/h3-13,15,26,35H,1-2,14,16H2,(H,33,37). The fraction of sp³-hybridized carbons (Fsp3) is 0.172. The minimum atomic E-state index is -1.39. The fourth-order valence-corrected chi connectivity index (χ4v) is 4.28. The minimum Gasteiger partial charge on any atom is -0.508 e. The lowest BCUT2D eigenvalue weighted by Gasteiger charge is -2.17. The van der Waals surface area contributed by atoms with E-state index in [-0.39, 0.29) is 28.9 Å². The zero-order chi connectivity index (χ0) is 28.6. The number of phenols is 1. The number of carbonyl (C=O) groups excluding carboxylic acids is 3. The van der Waals surface area contributed by atoms with Crippen LogP contribution in [0.1, 0.15) is 37.5 Å². The number of hydrogen-bond donors (Lipinski definition) is 2. The van der Waals surface area contributed by atoms with E-state index in [4.69, 9.17) is 11.6 Å². The molecule has 9 nitrogen and oxygen atoms in total. The van der Waals surface area contributed by atoms with Crippen LogP contribution in [0.15, 0.2) is 78.0 Å². The molecule has 204 valence electrons. The Labute approximate surface area is 232 Å². The maximum Gasteiger partial charge on any atom is 0.331 e. The summed E-state index contributed by atoms with van der Waals surface area (Å²) in [6, 6.07) is 18.2. The molecule has 0 aliphatic heterocycles. The molecule has 1 unspecified atom stereocenters. The maximum atomic E-state index is 13.1. The van der Waals surface area contributed by atoms with Crippen LogP contribution in [0.5, 0.6) is 5.75 Å². The lowest BCUT2D eigenvalue weighted by Crippen LogP contribution is -2.43. The molecule has 3 aromatic carbocycles. The average Bonchev–Trinajstić information content (AvgIpc) is 2.96. The van der Waals surface area contributed by atoms with Crippen molar-refractivity contribution in [1.29, 1.82) is 0 Å². The quantitative estimate of drug-likeness (QED) is 0.202. The molecule has 0 fully saturated rings. The molecule has 0 aliphatic carbocycles. The van der Waals surface area contributed by atoms with Crippen molar-refractivity contribution in [1.82, 2.24) is 10.3 Å². The monoisotopic (exact) mass is 563 g/mol. The number of hydrogen-bond acceptors (Lipinski definition) is 7. The van der Waals surface area contributed by atoms with E-state index in [0.29, 0.717) is 28.8 Å². The summed E-state index contributed by atoms with van der Waals surface area (Å²) in [6.07, 6.45) is 1.25. The Morgan fingerprint density at radius 2 is 1.60 bits per heavy atom. The number of pyridine rings is 1. The minimum absolute atomic E-state index is 0.00477. The summed E-state index contributed by atoms with van der Waals surface area (Å²) in [5.74, 6) is -2.96. The lowest BCUT2D eigenvalue weighted by atomic mass is 9.99. The van der Waals surface area contributed by atoms with Crippen molar-refractivity contribution in [3.8, 4) is 5.75 Å². The molecule has 4 rings (SSSR count). The number of amides is 2. The number of nitroso groups, excluding NO2 is 1. The number of aromatic hydroxyl groups is 1. The van der Waals surface area contributed by atoms with Crippen LogP contribution in [-0.2, 0) is 28.8 Å². The zero-order valence-electron chi connectivity index (χ0n) is 21.0. The second-order valence-electron chi connectivity index (χ2n) is 8.90. The van der Waals surface area contributed by atoms with Crippen LogP contribution in [0.3, 0.4) is 0 Å². The maximum absolute atomic E-state index is 13.1. The van der Waals surface area contributed by atoms with Gasteiger partial charge in [0.2, 0.25) is 6.86 Å². The average molecular weight is 564 g/mol. The molecular formula is C29H23ClFN3O6. The van der Waals surface area contributed by atoms with Gasteiger partial charge in [0, 0.05) is 22.0 Å². The van der Waals surface area contributed by atoms with E-state index in [0.717, 1.165) is 17.2 Å². The topological polar surface area (TPSA) is 135 Å². The Morgan fingerprint density at radius 3 is 2.27 bits per heavy atom. The summed E-state index contributed by atoms with van der Waals surface area (Å²) in [5.41, 5.74) is 2.36. The third kappa shape index (κ3) is 7.03. The number of esters is 1. The van der Waals surface area contributed by atoms with Gasteiger partial charge in [0.05, 0.1) is 11.1 Å². The van der Waals surface area contributed by atoms with E-state index < -0.39 is 30.7 Å². The highest BCUT2D eigenvalue weighted by Crippen LogP contribution is 2.23. The van der Waals surface area contributed by atoms with Crippen molar-refractivity contribution in [2.45, 2.75) is 25.3 Å². The van der Waals surface area contributed by atoms with Gasteiger partial charge in [-0.1, -0.05) is 41.9 Å². The summed E-state index contributed by atoms with van der Waals surface area (Å²) in [7, 11) is 0. The molecule has 1 heterocycles. The Kier molecular flexibility index (Phi) is 9.13. The van der Waals surface area contributed by atoms with E-state index in [1.807, 2.05) is 12.1 Å². The lowest BCUT2D eigenvalue weighted by molar-refractivity contribution is -0.150. The van der Waals surface area contributed by atoms with Crippen molar-refractivity contribution >= 4 is 40.3 Å². The van der Waals surface area contributed by atoms with Crippen LogP contribution in [-0.4, -0.2) is 40.8 Å². The van der Waals surface area contributed by atoms with Crippen LogP contribution in [0, 0.1) is 4.91 Å². The van der Waals surface area contributed by atoms with Crippen molar-refractivity contribution in [3.63, 3.8) is 0 Å². The number of benzene rings is 3. The van der Waals surface area contributed by atoms with Crippen LogP contribution >= 0.6 is 11.6 Å². The van der Waals surface area contributed by atoms with Gasteiger partial charge in [-0.05, 0) is 72.0 Å². The number of aromatic nitrogens is 1. The van der Waals surface area contributed by atoms with E-state index in [1.54, 1.807) is 30.3 Å². The van der Waals surface area contributed by atoms with Crippen LogP contribution in [0.4, 0.5) is 4.39 Å². The number of phenolic OH excluding ortho intramolecular Hbond substituents is 1. The normalized spacial score (nSPS) is 11.6. The fourth-order valence-electron chi connectivity index (χ4n) is 4.16. The first-order chi connectivity index (χ1) is 19.3. The van der Waals surface area contributed by atoms with Gasteiger partial charge in [-0.15, -0.1) is 4.91 Å². The van der Waals surface area contributed by atoms with Gasteiger partial charge in [-0.25, -0.2) is 14.2 Å². The zero-order valence-corrected chi connectivity index (χ0v) is 21.7. The SMILES string of the molecule is O=NC(=O)c1cc(C(=O)NC(Cc2ccc(O)cc2)C(=O)OCF)nc2ccc(CCc3ccc(Cl)cc3)cc12. The molecule has 4 aromatic rings. The molecule has 0 bridgehead atoms. The summed E-state index contributed by atoms with van der Waals surface area (Å²) < 4.78 is 17.2. The third-order valence-corrected chi connectivity index (χ3v) is 6.45. The Hall–Kier alpha value is -4.70. The van der Waals surface area contributed by atoms with Gasteiger partial charge in [0.25, 0.3) is 5.91 Å². The second-order valence-corrected chi connectivity index (χ2v) is 9.34. The van der Waals surface area contributed by atoms with Crippen molar-refractivity contribution in [3.05, 3.63) is 111 Å². The summed E-state index contributed by atoms with van der Waals surface area (Å²) in [4.78, 5) is 53.4. The van der Waals surface area contributed by atoms with E-state index >= 15 is 0 Å². The number of fused-ring (bicyclic) bond motifs is 1. The molecule has 1 aromatic heterocycles. The largest absolute Gasteiger partial charge is 0.508 e. The highest BCUT2D eigenvalue weighted by molar-refractivity contribution is 6.30. The number of ether oxygens (including phenoxy) is 1. The molecule has 0 aliphatic rings. The van der Waals surface area contributed by atoms with E-state index in [2.05, 4.69) is 20.2 Å². The third-order valence-electron chi connectivity index (χ3n) is 6.20. The number of carbonyl (C=O) groups is 3. The number of alkyl halides is 1. The summed E-state index contributed by atoms with van der Waals surface area (Å²) in [5, 5.41) is 15.4. The highest BCUT2D eigenvalue weighted by atomic mass is 35.5. The number of aryl methyl sites for hydroxylation is 2. The molecule has 2 N–H and O–H groups in total. The predicted octanol–water partition coefficient (Wildman–Crippen LogP) is 5.10. The first-order valence-electron chi connectivity index (χ1n) is 12.1. The molecule has 1 atom stereocenters. The van der Waals surface area contributed by atoms with Gasteiger partial charge >= 0.3 is 11.9 Å². The second kappa shape index (κ2) is 12.9. The van der Waals surface area contributed by atoms with E-state index in [1.165, 1.54) is 24.3 Å².